The Kier molecular flexibility index (Phi) is 3.04. The summed E-state index contributed by atoms with van der Waals surface area (Å²) in [6, 6.07) is 0.942. The maximum absolute atomic E-state index is 12.2. The lowest BCUT2D eigenvalue weighted by Crippen LogP contribution is -2.65. The number of carbonyl (C=O) groups excluding carboxylic acids is 3. The van der Waals surface area contributed by atoms with Crippen LogP contribution in [0, 0.1) is 0 Å². The van der Waals surface area contributed by atoms with Gasteiger partial charge in [-0.15, -0.1) is 0 Å². The van der Waals surface area contributed by atoms with Crippen LogP contribution in [0.4, 0.5) is 0 Å². The van der Waals surface area contributed by atoms with Gasteiger partial charge in [0.05, 0.1) is 0 Å². The highest BCUT2D eigenvalue weighted by atomic mass is 16.5. The molecule has 2 rings (SSSR count). The van der Waals surface area contributed by atoms with Gasteiger partial charge >= 0.3 is 5.97 Å². The van der Waals surface area contributed by atoms with Gasteiger partial charge in [-0.1, -0.05) is 5.16 Å². The number of aromatic nitrogens is 1. The van der Waals surface area contributed by atoms with Crippen LogP contribution in [0.2, 0.25) is 0 Å². The Labute approximate surface area is 112 Å². The highest BCUT2D eigenvalue weighted by molar-refractivity contribution is 6.08. The van der Waals surface area contributed by atoms with Crippen LogP contribution in [0.3, 0.4) is 0 Å². The predicted octanol–water partition coefficient (Wildman–Crippen LogP) is -0.750. The number of rotatable bonds is 2. The Morgan fingerprint density at radius 3 is 2.65 bits per heavy atom. The lowest BCUT2D eigenvalue weighted by molar-refractivity contribution is -0.143. The number of piperazine rings is 1. The summed E-state index contributed by atoms with van der Waals surface area (Å²) in [5.74, 6) is -3.87. The van der Waals surface area contributed by atoms with Crippen LogP contribution >= 0.6 is 0 Å². The molecule has 1 aromatic rings. The van der Waals surface area contributed by atoms with Crippen LogP contribution in [0.15, 0.2) is 10.6 Å². The zero-order valence-corrected chi connectivity index (χ0v) is 10.7. The van der Waals surface area contributed by atoms with E-state index < -0.39 is 35.0 Å². The van der Waals surface area contributed by atoms with Crippen molar-refractivity contribution in [2.24, 2.45) is 0 Å². The van der Waals surface area contributed by atoms with Crippen LogP contribution in [-0.2, 0) is 9.59 Å². The number of imide groups is 1. The molecule has 0 unspecified atom stereocenters. The van der Waals surface area contributed by atoms with Crippen LogP contribution in [0.1, 0.15) is 34.9 Å². The maximum Gasteiger partial charge on any atom is 0.374 e. The molecule has 0 atom stereocenters. The number of nitrogens with one attached hydrogen (secondary N) is 1. The van der Waals surface area contributed by atoms with E-state index in [2.05, 4.69) is 15.0 Å². The van der Waals surface area contributed by atoms with Gasteiger partial charge in [0.2, 0.25) is 11.7 Å². The third-order valence-electron chi connectivity index (χ3n) is 2.97. The van der Waals surface area contributed by atoms with E-state index in [4.69, 9.17) is 5.11 Å². The first-order valence-electron chi connectivity index (χ1n) is 5.59. The highest BCUT2D eigenvalue weighted by Gasteiger charge is 2.44. The fourth-order valence-corrected chi connectivity index (χ4v) is 1.72. The molecule has 3 amide bonds. The molecule has 20 heavy (non-hydrogen) atoms. The summed E-state index contributed by atoms with van der Waals surface area (Å²) in [7, 11) is 0. The predicted molar refractivity (Wildman–Crippen MR) is 61.7 cm³/mol. The molecule has 106 valence electrons. The molecule has 1 fully saturated rings. The number of aromatic carboxylic acids is 1. The molecule has 0 aliphatic carbocycles. The topological polar surface area (TPSA) is 130 Å². The second-order valence-corrected chi connectivity index (χ2v) is 4.71. The number of carboxylic acids is 1. The minimum absolute atomic E-state index is 0.280. The molecule has 0 aromatic carbocycles. The summed E-state index contributed by atoms with van der Waals surface area (Å²) in [5, 5.41) is 14.2. The molecule has 1 aliphatic rings. The number of amides is 3. The number of carboxylic acid groups (broad SMARTS) is 1. The SMILES string of the molecule is CC1(C)C(=O)NC(=O)CN1C(=O)c1cc(C(=O)O)on1. The average Bonchev–Trinajstić information content (AvgIpc) is 2.83. The third-order valence-corrected chi connectivity index (χ3v) is 2.97. The monoisotopic (exact) mass is 281 g/mol. The van der Waals surface area contributed by atoms with Crippen molar-refractivity contribution in [1.82, 2.24) is 15.4 Å². The van der Waals surface area contributed by atoms with Crippen molar-refractivity contribution in [3.63, 3.8) is 0 Å². The number of hydrogen-bond acceptors (Lipinski definition) is 6. The fourth-order valence-electron chi connectivity index (χ4n) is 1.72. The maximum atomic E-state index is 12.2. The first-order chi connectivity index (χ1) is 9.23. The minimum Gasteiger partial charge on any atom is -0.475 e. The van der Waals surface area contributed by atoms with Crippen LogP contribution in [0.25, 0.3) is 0 Å². The lowest BCUT2D eigenvalue weighted by Gasteiger charge is -2.39. The molecule has 2 N–H and O–H groups in total. The van der Waals surface area contributed by atoms with E-state index in [-0.39, 0.29) is 12.2 Å². The summed E-state index contributed by atoms with van der Waals surface area (Å²) in [5.41, 5.74) is -1.54. The molecule has 0 radical (unpaired) electrons. The van der Waals surface area contributed by atoms with Crippen molar-refractivity contribution >= 4 is 23.7 Å². The van der Waals surface area contributed by atoms with E-state index in [9.17, 15) is 19.2 Å². The van der Waals surface area contributed by atoms with E-state index in [0.717, 1.165) is 11.0 Å². The van der Waals surface area contributed by atoms with Gasteiger partial charge < -0.3 is 14.5 Å². The van der Waals surface area contributed by atoms with Crippen LogP contribution in [0.5, 0.6) is 0 Å². The van der Waals surface area contributed by atoms with Gasteiger partial charge in [-0.25, -0.2) is 4.79 Å². The van der Waals surface area contributed by atoms with E-state index >= 15 is 0 Å². The van der Waals surface area contributed by atoms with Gasteiger partial charge in [0.1, 0.15) is 12.1 Å². The van der Waals surface area contributed by atoms with Crippen molar-refractivity contribution in [2.75, 3.05) is 6.54 Å². The van der Waals surface area contributed by atoms with Gasteiger partial charge in [0.15, 0.2) is 5.69 Å². The first kappa shape index (κ1) is 13.7. The number of hydrogen-bond donors (Lipinski definition) is 2. The Bertz CT molecular complexity index is 617. The fraction of sp³-hybridized carbons (Fsp3) is 0.364. The van der Waals surface area contributed by atoms with Gasteiger partial charge in [-0.3, -0.25) is 19.7 Å². The minimum atomic E-state index is -1.37. The zero-order chi connectivity index (χ0) is 15.1. The molecule has 9 heteroatoms. The summed E-state index contributed by atoms with van der Waals surface area (Å²) < 4.78 is 4.48. The molecule has 9 nitrogen and oxygen atoms in total. The standard InChI is InChI=1S/C11H11N3O6/c1-11(2)10(19)12-7(15)4-14(11)8(16)5-3-6(9(17)18)20-13-5/h3H,4H2,1-2H3,(H,17,18)(H,12,15,19). The Hall–Kier alpha value is -2.71. The molecule has 2 heterocycles. The normalized spacial score (nSPS) is 17.8. The van der Waals surface area contributed by atoms with Crippen molar-refractivity contribution in [1.29, 1.82) is 0 Å². The van der Waals surface area contributed by atoms with Crippen molar-refractivity contribution in [3.8, 4) is 0 Å². The molecule has 0 spiro atoms. The second kappa shape index (κ2) is 4.44. The smallest absolute Gasteiger partial charge is 0.374 e. The average molecular weight is 281 g/mol. The Balaban J connectivity index is 2.32. The Morgan fingerprint density at radius 1 is 1.45 bits per heavy atom. The van der Waals surface area contributed by atoms with Gasteiger partial charge in [0, 0.05) is 6.07 Å². The molecule has 0 saturated carbocycles. The van der Waals surface area contributed by atoms with E-state index in [1.807, 2.05) is 0 Å². The van der Waals surface area contributed by atoms with Crippen LogP contribution in [-0.4, -0.2) is 50.9 Å². The molecule has 1 aromatic heterocycles. The summed E-state index contributed by atoms with van der Waals surface area (Å²) in [6.07, 6.45) is 0. The molecule has 1 aliphatic heterocycles. The van der Waals surface area contributed by atoms with E-state index in [1.54, 1.807) is 0 Å². The first-order valence-corrected chi connectivity index (χ1v) is 5.59. The van der Waals surface area contributed by atoms with Crippen molar-refractivity contribution < 1.29 is 28.8 Å². The molecule has 1 saturated heterocycles. The second-order valence-electron chi connectivity index (χ2n) is 4.71. The lowest BCUT2D eigenvalue weighted by atomic mass is 9.98. The van der Waals surface area contributed by atoms with Gasteiger partial charge in [-0.2, -0.15) is 0 Å². The van der Waals surface area contributed by atoms with E-state index in [0.29, 0.717) is 0 Å². The van der Waals surface area contributed by atoms with Crippen molar-refractivity contribution in [3.05, 3.63) is 17.5 Å². The van der Waals surface area contributed by atoms with Crippen LogP contribution < -0.4 is 5.32 Å². The number of carbonyl (C=O) groups is 4. The molecule has 0 bridgehead atoms. The number of nitrogens with zero attached hydrogens (tertiary/aromatic N) is 2. The summed E-state index contributed by atoms with van der Waals surface area (Å²) >= 11 is 0. The molecular formula is C11H11N3O6. The quantitative estimate of drug-likeness (QED) is 0.682. The summed E-state index contributed by atoms with van der Waals surface area (Å²) in [4.78, 5) is 47.0. The van der Waals surface area contributed by atoms with E-state index in [1.165, 1.54) is 13.8 Å². The Morgan fingerprint density at radius 2 is 2.10 bits per heavy atom. The highest BCUT2D eigenvalue weighted by Crippen LogP contribution is 2.21. The third kappa shape index (κ3) is 2.13. The van der Waals surface area contributed by atoms with Gasteiger partial charge in [0.25, 0.3) is 11.8 Å². The largest absolute Gasteiger partial charge is 0.475 e. The van der Waals surface area contributed by atoms with Crippen molar-refractivity contribution in [2.45, 2.75) is 19.4 Å². The molecular weight excluding hydrogens is 270 g/mol. The summed E-state index contributed by atoms with van der Waals surface area (Å²) in [6.45, 7) is 2.60. The zero-order valence-electron chi connectivity index (χ0n) is 10.7. The van der Waals surface area contributed by atoms with Gasteiger partial charge in [-0.05, 0) is 13.8 Å².